The second-order valence-corrected chi connectivity index (χ2v) is 9.66. The van der Waals surface area contributed by atoms with Gasteiger partial charge in [-0.1, -0.05) is 35.3 Å². The molecule has 4 aromatic rings. The van der Waals surface area contributed by atoms with Crippen molar-refractivity contribution in [1.29, 1.82) is 0 Å². The third-order valence-corrected chi connectivity index (χ3v) is 7.13. The van der Waals surface area contributed by atoms with Gasteiger partial charge in [0, 0.05) is 42.3 Å². The first-order valence-electron chi connectivity index (χ1n) is 12.3. The van der Waals surface area contributed by atoms with Gasteiger partial charge in [0.15, 0.2) is 0 Å². The van der Waals surface area contributed by atoms with Gasteiger partial charge in [-0.15, -0.1) is 0 Å². The normalized spacial score (nSPS) is 13.0. The van der Waals surface area contributed by atoms with Crippen molar-refractivity contribution in [1.82, 2.24) is 19.9 Å². The fraction of sp³-hybridized carbons (Fsp3) is 0.250. The third kappa shape index (κ3) is 6.25. The molecule has 2 aromatic carbocycles. The van der Waals surface area contributed by atoms with Crippen molar-refractivity contribution in [2.45, 2.75) is 19.4 Å². The number of benzene rings is 2. The van der Waals surface area contributed by atoms with Gasteiger partial charge >= 0.3 is 5.97 Å². The Bertz CT molecular complexity index is 1510. The Morgan fingerprint density at radius 1 is 0.950 bits per heavy atom. The number of aromatic carboxylic acids is 1. The summed E-state index contributed by atoms with van der Waals surface area (Å²) in [7, 11) is 2.95. The standard InChI is InChI=1S/C17H12Cl2N2O4.C11H15N3O/c1-24-10-7-11(25-2)14(19)12(13(10)18)8-3-4-9(17(22)23)16-15(8)20-5-6-21-16;12-11(15)10-4-3-9(7-13-10)8-14-5-1-2-6-14/h3-7H,1-2H3,(H,22,23);3-4,7H,1-2,5-6,8H2,(H2,12,15). The highest BCUT2D eigenvalue weighted by Crippen LogP contribution is 2.47. The van der Waals surface area contributed by atoms with Gasteiger partial charge in [0.1, 0.15) is 22.7 Å². The number of likely N-dealkylation sites (tertiary alicyclic amines) is 1. The summed E-state index contributed by atoms with van der Waals surface area (Å²) in [5.74, 6) is -0.824. The number of nitrogens with zero attached hydrogens (tertiary/aromatic N) is 4. The van der Waals surface area contributed by atoms with E-state index in [-0.39, 0.29) is 21.1 Å². The number of carboxylic acids is 1. The second kappa shape index (κ2) is 12.9. The predicted molar refractivity (Wildman–Crippen MR) is 152 cm³/mol. The number of carbonyl (C=O) groups excluding carboxylic acids is 1. The first-order chi connectivity index (χ1) is 19.2. The van der Waals surface area contributed by atoms with Crippen molar-refractivity contribution >= 4 is 46.1 Å². The Balaban J connectivity index is 0.000000210. The van der Waals surface area contributed by atoms with Gasteiger partial charge in [-0.25, -0.2) is 4.79 Å². The maximum atomic E-state index is 11.4. The summed E-state index contributed by atoms with van der Waals surface area (Å²) in [6.45, 7) is 3.25. The molecule has 1 aliphatic heterocycles. The van der Waals surface area contributed by atoms with Crippen molar-refractivity contribution in [3.05, 3.63) is 75.8 Å². The number of primary amides is 1. The third-order valence-electron chi connectivity index (χ3n) is 6.38. The molecule has 0 aliphatic carbocycles. The van der Waals surface area contributed by atoms with E-state index in [1.807, 2.05) is 6.07 Å². The Labute approximate surface area is 240 Å². The molecule has 0 bridgehead atoms. The number of hydrogen-bond acceptors (Lipinski definition) is 8. The van der Waals surface area contributed by atoms with E-state index in [1.54, 1.807) is 24.4 Å². The average Bonchev–Trinajstić information content (AvgIpc) is 3.47. The number of ether oxygens (including phenoxy) is 2. The van der Waals surface area contributed by atoms with Gasteiger partial charge in [0.05, 0.1) is 35.3 Å². The van der Waals surface area contributed by atoms with Gasteiger partial charge in [0.25, 0.3) is 5.91 Å². The Morgan fingerprint density at radius 3 is 2.10 bits per heavy atom. The minimum absolute atomic E-state index is 0.0361. The summed E-state index contributed by atoms with van der Waals surface area (Å²) in [5, 5.41) is 9.89. The van der Waals surface area contributed by atoms with E-state index in [0.717, 1.165) is 25.2 Å². The fourth-order valence-corrected chi connectivity index (χ4v) is 5.12. The predicted octanol–water partition coefficient (Wildman–Crippen LogP) is 5.10. The van der Waals surface area contributed by atoms with Crippen LogP contribution in [0.3, 0.4) is 0 Å². The lowest BCUT2D eigenvalue weighted by atomic mass is 10.00. The van der Waals surface area contributed by atoms with Crippen molar-refractivity contribution in [3.8, 4) is 22.6 Å². The summed E-state index contributed by atoms with van der Waals surface area (Å²) in [6, 6.07) is 8.21. The van der Waals surface area contributed by atoms with Gasteiger partial charge in [0.2, 0.25) is 0 Å². The quantitative estimate of drug-likeness (QED) is 0.304. The fourth-order valence-electron chi connectivity index (χ4n) is 4.42. The molecule has 0 saturated carbocycles. The molecule has 0 spiro atoms. The van der Waals surface area contributed by atoms with Crippen molar-refractivity contribution in [2.75, 3.05) is 27.3 Å². The number of aromatic nitrogens is 3. The lowest BCUT2D eigenvalue weighted by Crippen LogP contribution is -2.19. The summed E-state index contributed by atoms with van der Waals surface area (Å²) in [6.07, 6.45) is 7.20. The van der Waals surface area contributed by atoms with Gasteiger partial charge in [-0.3, -0.25) is 24.6 Å². The van der Waals surface area contributed by atoms with Gasteiger partial charge in [-0.05, 0) is 43.6 Å². The van der Waals surface area contributed by atoms with Crippen LogP contribution in [0.4, 0.5) is 0 Å². The van der Waals surface area contributed by atoms with E-state index >= 15 is 0 Å². The van der Waals surface area contributed by atoms with Crippen molar-refractivity contribution in [2.24, 2.45) is 5.73 Å². The molecule has 10 nitrogen and oxygen atoms in total. The first kappa shape index (κ1) is 29.0. The van der Waals surface area contributed by atoms with Crippen LogP contribution in [-0.2, 0) is 6.54 Å². The van der Waals surface area contributed by atoms with Crippen LogP contribution in [0.2, 0.25) is 10.0 Å². The monoisotopic (exact) mass is 583 g/mol. The van der Waals surface area contributed by atoms with Gasteiger partial charge in [-0.2, -0.15) is 0 Å². The van der Waals surface area contributed by atoms with E-state index in [0.29, 0.717) is 33.8 Å². The van der Waals surface area contributed by atoms with E-state index in [1.165, 1.54) is 45.5 Å². The number of carbonyl (C=O) groups is 2. The Kier molecular flexibility index (Phi) is 9.36. The van der Waals surface area contributed by atoms with Crippen molar-refractivity contribution in [3.63, 3.8) is 0 Å². The SMILES string of the molecule is COc1cc(OC)c(Cl)c(-c2ccc(C(=O)O)c3nccnc23)c1Cl.NC(=O)c1ccc(CN2CCCC2)cn1. The smallest absolute Gasteiger partial charge is 0.337 e. The number of nitrogens with two attached hydrogens (primary N) is 1. The summed E-state index contributed by atoms with van der Waals surface area (Å²) in [4.78, 5) is 37.1. The highest BCUT2D eigenvalue weighted by Gasteiger charge is 2.23. The highest BCUT2D eigenvalue weighted by atomic mass is 35.5. The molecule has 1 fully saturated rings. The molecular formula is C28H27Cl2N5O5. The topological polar surface area (TPSA) is 141 Å². The molecule has 0 atom stereocenters. The molecule has 40 heavy (non-hydrogen) atoms. The average molecular weight is 584 g/mol. The lowest BCUT2D eigenvalue weighted by molar-refractivity contribution is 0.0698. The summed E-state index contributed by atoms with van der Waals surface area (Å²) >= 11 is 12.9. The number of fused-ring (bicyclic) bond motifs is 1. The molecule has 3 N–H and O–H groups in total. The second-order valence-electron chi connectivity index (χ2n) is 8.90. The Morgan fingerprint density at radius 2 is 1.57 bits per heavy atom. The minimum Gasteiger partial charge on any atom is -0.495 e. The Hall–Kier alpha value is -3.99. The molecule has 2 aromatic heterocycles. The molecule has 3 heterocycles. The van der Waals surface area contributed by atoms with Crippen LogP contribution < -0.4 is 15.2 Å². The number of halogens is 2. The maximum absolute atomic E-state index is 11.4. The number of pyridine rings is 1. The van der Waals surface area contributed by atoms with Crippen LogP contribution in [-0.4, -0.2) is 64.1 Å². The number of amides is 1. The molecule has 208 valence electrons. The molecule has 5 rings (SSSR count). The zero-order valence-corrected chi connectivity index (χ0v) is 23.4. The van der Waals surface area contributed by atoms with E-state index in [9.17, 15) is 14.7 Å². The lowest BCUT2D eigenvalue weighted by Gasteiger charge is -2.16. The van der Waals surface area contributed by atoms with Crippen molar-refractivity contribution < 1.29 is 24.2 Å². The highest BCUT2D eigenvalue weighted by molar-refractivity contribution is 6.41. The number of methoxy groups -OCH3 is 2. The van der Waals surface area contributed by atoms with Crippen LogP contribution in [0, 0.1) is 0 Å². The molecule has 1 aliphatic rings. The number of hydrogen-bond donors (Lipinski definition) is 2. The molecule has 0 radical (unpaired) electrons. The van der Waals surface area contributed by atoms with E-state index < -0.39 is 11.9 Å². The summed E-state index contributed by atoms with van der Waals surface area (Å²) in [5.41, 5.74) is 8.19. The van der Waals surface area contributed by atoms with E-state index in [4.69, 9.17) is 38.4 Å². The molecule has 12 heteroatoms. The van der Waals surface area contributed by atoms with E-state index in [2.05, 4.69) is 19.9 Å². The molecular weight excluding hydrogens is 557 g/mol. The number of rotatable bonds is 7. The van der Waals surface area contributed by atoms with Crippen LogP contribution in [0.25, 0.3) is 22.2 Å². The molecule has 1 amide bonds. The zero-order chi connectivity index (χ0) is 28.8. The van der Waals surface area contributed by atoms with Crippen LogP contribution in [0.5, 0.6) is 11.5 Å². The van der Waals surface area contributed by atoms with Crippen LogP contribution in [0.15, 0.2) is 48.9 Å². The number of carboxylic acid groups (broad SMARTS) is 1. The first-order valence-corrected chi connectivity index (χ1v) is 13.0. The van der Waals surface area contributed by atoms with Gasteiger partial charge < -0.3 is 20.3 Å². The molecule has 0 unspecified atom stereocenters. The minimum atomic E-state index is -1.10. The maximum Gasteiger partial charge on any atom is 0.337 e. The summed E-state index contributed by atoms with van der Waals surface area (Å²) < 4.78 is 10.6. The molecule has 1 saturated heterocycles. The van der Waals surface area contributed by atoms with Crippen LogP contribution >= 0.6 is 23.2 Å². The van der Waals surface area contributed by atoms with Crippen LogP contribution in [0.1, 0.15) is 39.3 Å². The largest absolute Gasteiger partial charge is 0.495 e. The zero-order valence-electron chi connectivity index (χ0n) is 21.9.